The first kappa shape index (κ1) is 18.3. The van der Waals surface area contributed by atoms with Crippen molar-refractivity contribution in [1.29, 1.82) is 0 Å². The highest BCUT2D eigenvalue weighted by molar-refractivity contribution is 9.10. The average Bonchev–Trinajstić information content (AvgIpc) is 2.56. The van der Waals surface area contributed by atoms with Crippen LogP contribution in [0.4, 0.5) is 0 Å². The maximum Gasteiger partial charge on any atom is 0.349 e. The van der Waals surface area contributed by atoms with Crippen LogP contribution in [0.1, 0.15) is 30.9 Å². The third-order valence-electron chi connectivity index (χ3n) is 3.55. The number of ether oxygens (including phenoxy) is 3. The van der Waals surface area contributed by atoms with Crippen molar-refractivity contribution >= 4 is 21.9 Å². The molecule has 0 aromatic heterocycles. The van der Waals surface area contributed by atoms with E-state index in [9.17, 15) is 4.79 Å². The Kier molecular flexibility index (Phi) is 6.26. The first-order valence-corrected chi connectivity index (χ1v) is 8.47. The number of hydrogen-bond donors (Lipinski definition) is 0. The van der Waals surface area contributed by atoms with E-state index in [2.05, 4.69) is 29.8 Å². The highest BCUT2D eigenvalue weighted by Crippen LogP contribution is 2.32. The van der Waals surface area contributed by atoms with E-state index in [1.807, 2.05) is 19.1 Å². The zero-order valence-electron chi connectivity index (χ0n) is 14.3. The van der Waals surface area contributed by atoms with E-state index in [1.54, 1.807) is 31.4 Å². The molecule has 2 aromatic rings. The van der Waals surface area contributed by atoms with E-state index in [1.165, 1.54) is 0 Å². The summed E-state index contributed by atoms with van der Waals surface area (Å²) in [5, 5.41) is 0. The maximum atomic E-state index is 12.0. The smallest absolute Gasteiger partial charge is 0.349 e. The van der Waals surface area contributed by atoms with Gasteiger partial charge in [0.1, 0.15) is 17.2 Å². The van der Waals surface area contributed by atoms with Gasteiger partial charge in [0.15, 0.2) is 6.61 Å². The lowest BCUT2D eigenvalue weighted by Gasteiger charge is -2.15. The van der Waals surface area contributed by atoms with Crippen LogP contribution in [0.5, 0.6) is 17.2 Å². The molecular weight excluding hydrogens is 372 g/mol. The van der Waals surface area contributed by atoms with Gasteiger partial charge in [-0.3, -0.25) is 0 Å². The lowest BCUT2D eigenvalue weighted by molar-refractivity contribution is -0.136. The molecule has 0 spiro atoms. The van der Waals surface area contributed by atoms with Crippen LogP contribution in [0.3, 0.4) is 0 Å². The van der Waals surface area contributed by atoms with Gasteiger partial charge in [0.2, 0.25) is 0 Å². The number of methoxy groups -OCH3 is 1. The number of esters is 1. The Balaban J connectivity index is 2.01. The molecule has 0 aliphatic heterocycles. The second-order valence-electron chi connectivity index (χ2n) is 5.73. The fourth-order valence-corrected chi connectivity index (χ4v) is 2.55. The molecule has 0 bridgehead atoms. The summed E-state index contributed by atoms with van der Waals surface area (Å²) in [5.41, 5.74) is 2.10. The summed E-state index contributed by atoms with van der Waals surface area (Å²) >= 11 is 3.53. The number of carbonyl (C=O) groups excluding carboxylic acids is 1. The van der Waals surface area contributed by atoms with Crippen molar-refractivity contribution in [2.45, 2.75) is 26.7 Å². The molecule has 5 heteroatoms. The number of carbonyl (C=O) groups is 1. The normalized spacial score (nSPS) is 10.6. The first-order valence-electron chi connectivity index (χ1n) is 7.68. The summed E-state index contributed by atoms with van der Waals surface area (Å²) < 4.78 is 17.0. The highest BCUT2D eigenvalue weighted by Gasteiger charge is 2.13. The summed E-state index contributed by atoms with van der Waals surface area (Å²) in [7, 11) is 1.58. The molecule has 0 aliphatic rings. The van der Waals surface area contributed by atoms with Gasteiger partial charge in [0, 0.05) is 4.47 Å². The molecule has 2 aromatic carbocycles. The molecule has 0 heterocycles. The van der Waals surface area contributed by atoms with Crippen molar-refractivity contribution in [1.82, 2.24) is 0 Å². The van der Waals surface area contributed by atoms with Gasteiger partial charge in [-0.2, -0.15) is 0 Å². The molecule has 0 atom stereocenters. The Hall–Kier alpha value is -2.01. The zero-order chi connectivity index (χ0) is 17.7. The molecule has 0 N–H and O–H groups in total. The van der Waals surface area contributed by atoms with Gasteiger partial charge >= 0.3 is 5.97 Å². The Morgan fingerprint density at radius 2 is 1.75 bits per heavy atom. The van der Waals surface area contributed by atoms with Crippen LogP contribution in [-0.4, -0.2) is 19.7 Å². The highest BCUT2D eigenvalue weighted by atomic mass is 79.9. The van der Waals surface area contributed by atoms with Crippen molar-refractivity contribution < 1.29 is 19.0 Å². The molecule has 0 aliphatic carbocycles. The molecule has 0 amide bonds. The number of rotatable bonds is 6. The fraction of sp³-hybridized carbons (Fsp3) is 0.316. The molecule has 128 valence electrons. The molecule has 4 nitrogen and oxygen atoms in total. The topological polar surface area (TPSA) is 44.8 Å². The van der Waals surface area contributed by atoms with Crippen LogP contribution in [0.25, 0.3) is 0 Å². The SMILES string of the molecule is COc1ccc(OC(=O)COc2cc(C)c(Br)cc2C(C)C)cc1. The summed E-state index contributed by atoms with van der Waals surface area (Å²) in [6.07, 6.45) is 0. The molecule has 0 saturated carbocycles. The minimum Gasteiger partial charge on any atom is -0.497 e. The van der Waals surface area contributed by atoms with E-state index in [0.29, 0.717) is 17.2 Å². The van der Waals surface area contributed by atoms with E-state index in [-0.39, 0.29) is 12.5 Å². The summed E-state index contributed by atoms with van der Waals surface area (Å²) in [4.78, 5) is 12.0. The van der Waals surface area contributed by atoms with Gasteiger partial charge in [-0.05, 0) is 60.4 Å². The lowest BCUT2D eigenvalue weighted by atomic mass is 10.0. The lowest BCUT2D eigenvalue weighted by Crippen LogP contribution is -2.18. The van der Waals surface area contributed by atoms with Crippen LogP contribution in [0.2, 0.25) is 0 Å². The molecule has 2 rings (SSSR count). The second kappa shape index (κ2) is 8.20. The summed E-state index contributed by atoms with van der Waals surface area (Å²) in [6, 6.07) is 10.8. The molecule has 24 heavy (non-hydrogen) atoms. The third kappa shape index (κ3) is 4.74. The number of aryl methyl sites for hydroxylation is 1. The van der Waals surface area contributed by atoms with Crippen molar-refractivity contribution in [2.24, 2.45) is 0 Å². The quantitative estimate of drug-likeness (QED) is 0.519. The van der Waals surface area contributed by atoms with Crippen molar-refractivity contribution in [2.75, 3.05) is 13.7 Å². The standard InChI is InChI=1S/C19H21BrO4/c1-12(2)16-10-17(20)13(3)9-18(16)23-11-19(21)24-15-7-5-14(22-4)6-8-15/h5-10,12H,11H2,1-4H3. The van der Waals surface area contributed by atoms with Gasteiger partial charge in [0.25, 0.3) is 0 Å². The second-order valence-corrected chi connectivity index (χ2v) is 6.59. The van der Waals surface area contributed by atoms with Crippen molar-refractivity contribution in [3.8, 4) is 17.2 Å². The van der Waals surface area contributed by atoms with Crippen LogP contribution >= 0.6 is 15.9 Å². The molecular formula is C19H21BrO4. The largest absolute Gasteiger partial charge is 0.497 e. The van der Waals surface area contributed by atoms with E-state index < -0.39 is 5.97 Å². The van der Waals surface area contributed by atoms with Gasteiger partial charge < -0.3 is 14.2 Å². The van der Waals surface area contributed by atoms with Crippen LogP contribution in [0, 0.1) is 6.92 Å². The van der Waals surface area contributed by atoms with Crippen molar-refractivity contribution in [3.63, 3.8) is 0 Å². The number of halogens is 1. The molecule has 0 unspecified atom stereocenters. The number of hydrogen-bond acceptors (Lipinski definition) is 4. The third-order valence-corrected chi connectivity index (χ3v) is 4.40. The summed E-state index contributed by atoms with van der Waals surface area (Å²) in [6.45, 7) is 6.00. The predicted octanol–water partition coefficient (Wildman–Crippen LogP) is 4.87. The van der Waals surface area contributed by atoms with Gasteiger partial charge in [0.05, 0.1) is 7.11 Å². The Labute approximate surface area is 150 Å². The average molecular weight is 393 g/mol. The van der Waals surface area contributed by atoms with E-state index in [4.69, 9.17) is 14.2 Å². The van der Waals surface area contributed by atoms with Gasteiger partial charge in [-0.15, -0.1) is 0 Å². The van der Waals surface area contributed by atoms with Crippen molar-refractivity contribution in [3.05, 3.63) is 52.0 Å². The Morgan fingerprint density at radius 1 is 1.12 bits per heavy atom. The Bertz CT molecular complexity index is 708. The number of benzene rings is 2. The zero-order valence-corrected chi connectivity index (χ0v) is 15.8. The summed E-state index contributed by atoms with van der Waals surface area (Å²) in [5.74, 6) is 1.71. The van der Waals surface area contributed by atoms with Crippen LogP contribution in [0.15, 0.2) is 40.9 Å². The molecule has 0 radical (unpaired) electrons. The van der Waals surface area contributed by atoms with E-state index in [0.717, 1.165) is 15.6 Å². The maximum absolute atomic E-state index is 12.0. The Morgan fingerprint density at radius 3 is 2.33 bits per heavy atom. The monoisotopic (exact) mass is 392 g/mol. The predicted molar refractivity (Wildman–Crippen MR) is 97.1 cm³/mol. The van der Waals surface area contributed by atoms with Crippen LogP contribution < -0.4 is 14.2 Å². The van der Waals surface area contributed by atoms with Gasteiger partial charge in [-0.25, -0.2) is 4.79 Å². The molecule has 0 saturated heterocycles. The van der Waals surface area contributed by atoms with Crippen LogP contribution in [-0.2, 0) is 4.79 Å². The first-order chi connectivity index (χ1) is 11.4. The minimum atomic E-state index is -0.449. The molecule has 0 fully saturated rings. The van der Waals surface area contributed by atoms with Gasteiger partial charge in [-0.1, -0.05) is 29.8 Å². The fourth-order valence-electron chi connectivity index (χ4n) is 2.19. The minimum absolute atomic E-state index is 0.146. The van der Waals surface area contributed by atoms with E-state index >= 15 is 0 Å².